The highest BCUT2D eigenvalue weighted by Gasteiger charge is 2.16. The number of thiazole rings is 1. The number of aromatic nitrogens is 5. The summed E-state index contributed by atoms with van der Waals surface area (Å²) in [5, 5.41) is 12.4. The molecule has 0 spiro atoms. The maximum absolute atomic E-state index is 12.7. The van der Waals surface area contributed by atoms with Crippen LogP contribution in [-0.4, -0.2) is 30.5 Å². The third kappa shape index (κ3) is 2.56. The van der Waals surface area contributed by atoms with E-state index in [-0.39, 0.29) is 5.91 Å². The molecule has 1 amide bonds. The van der Waals surface area contributed by atoms with Crippen LogP contribution < -0.4 is 5.32 Å². The van der Waals surface area contributed by atoms with Crippen LogP contribution in [-0.2, 0) is 0 Å². The average molecular weight is 338 g/mol. The summed E-state index contributed by atoms with van der Waals surface area (Å²) in [6, 6.07) is 3.75. The molecule has 0 aliphatic rings. The summed E-state index contributed by atoms with van der Waals surface area (Å²) >= 11 is 1.40. The van der Waals surface area contributed by atoms with Crippen LogP contribution in [0.15, 0.2) is 36.1 Å². The van der Waals surface area contributed by atoms with Crippen molar-refractivity contribution in [2.75, 3.05) is 5.32 Å². The van der Waals surface area contributed by atoms with Crippen LogP contribution in [0.3, 0.4) is 0 Å². The smallest absolute Gasteiger partial charge is 0.261 e. The molecule has 0 aromatic carbocycles. The van der Waals surface area contributed by atoms with Gasteiger partial charge in [0.25, 0.3) is 5.91 Å². The lowest BCUT2D eigenvalue weighted by Gasteiger charge is -2.07. The molecule has 0 fully saturated rings. The number of fused-ring (bicyclic) bond motifs is 1. The summed E-state index contributed by atoms with van der Waals surface area (Å²) < 4.78 is 1.83. The topological polar surface area (TPSA) is 88.0 Å². The maximum atomic E-state index is 12.7. The Hall–Kier alpha value is -3.00. The quantitative estimate of drug-likeness (QED) is 0.601. The van der Waals surface area contributed by atoms with Gasteiger partial charge in [-0.1, -0.05) is 0 Å². The van der Waals surface area contributed by atoms with E-state index in [1.54, 1.807) is 6.20 Å². The van der Waals surface area contributed by atoms with Gasteiger partial charge in [0, 0.05) is 29.5 Å². The number of carbonyl (C=O) groups excluding carboxylic acids is 1. The zero-order valence-corrected chi connectivity index (χ0v) is 13.9. The molecule has 4 rings (SSSR count). The van der Waals surface area contributed by atoms with E-state index in [2.05, 4.69) is 25.5 Å². The number of aryl methyl sites for hydroxylation is 2. The van der Waals surface area contributed by atoms with E-state index in [9.17, 15) is 4.79 Å². The molecule has 120 valence electrons. The highest BCUT2D eigenvalue weighted by atomic mass is 32.1. The minimum atomic E-state index is -0.237. The second-order valence-corrected chi connectivity index (χ2v) is 6.33. The van der Waals surface area contributed by atoms with Crippen molar-refractivity contribution in [1.82, 2.24) is 24.6 Å². The average Bonchev–Trinajstić information content (AvgIpc) is 3.27. The Morgan fingerprint density at radius 1 is 1.29 bits per heavy atom. The second-order valence-electron chi connectivity index (χ2n) is 5.47. The van der Waals surface area contributed by atoms with Crippen molar-refractivity contribution >= 4 is 28.0 Å². The summed E-state index contributed by atoms with van der Waals surface area (Å²) in [5.74, 6) is -0.237. The lowest BCUT2D eigenvalue weighted by molar-refractivity contribution is 0.102. The summed E-state index contributed by atoms with van der Waals surface area (Å²) in [6.07, 6.45) is 5.40. The van der Waals surface area contributed by atoms with Crippen molar-refractivity contribution in [2.24, 2.45) is 0 Å². The largest absolute Gasteiger partial charge is 0.306 e. The summed E-state index contributed by atoms with van der Waals surface area (Å²) in [6.45, 7) is 3.80. The molecule has 4 aromatic rings. The van der Waals surface area contributed by atoms with Gasteiger partial charge in [-0.2, -0.15) is 5.10 Å². The van der Waals surface area contributed by atoms with Crippen molar-refractivity contribution < 1.29 is 4.79 Å². The number of pyridine rings is 1. The normalized spacial score (nSPS) is 11.1. The Kier molecular flexibility index (Phi) is 3.39. The zero-order chi connectivity index (χ0) is 16.7. The molecule has 8 heteroatoms. The summed E-state index contributed by atoms with van der Waals surface area (Å²) in [7, 11) is 0. The molecule has 0 unspecified atom stereocenters. The van der Waals surface area contributed by atoms with E-state index in [0.29, 0.717) is 16.3 Å². The first kappa shape index (κ1) is 14.6. The number of amides is 1. The first-order valence-electron chi connectivity index (χ1n) is 7.33. The van der Waals surface area contributed by atoms with Crippen LogP contribution in [0.4, 0.5) is 5.13 Å². The number of nitrogens with one attached hydrogen (secondary N) is 2. The predicted molar refractivity (Wildman–Crippen MR) is 92.3 cm³/mol. The summed E-state index contributed by atoms with van der Waals surface area (Å²) in [5.41, 5.74) is 4.56. The van der Waals surface area contributed by atoms with E-state index in [4.69, 9.17) is 0 Å². The third-order valence-electron chi connectivity index (χ3n) is 3.59. The molecule has 0 saturated heterocycles. The molecule has 0 aliphatic heterocycles. The number of imidazole rings is 1. The van der Waals surface area contributed by atoms with E-state index in [0.717, 1.165) is 22.6 Å². The number of anilines is 1. The van der Waals surface area contributed by atoms with E-state index >= 15 is 0 Å². The molecule has 24 heavy (non-hydrogen) atoms. The monoisotopic (exact) mass is 338 g/mol. The van der Waals surface area contributed by atoms with Crippen molar-refractivity contribution in [1.29, 1.82) is 0 Å². The molecule has 4 heterocycles. The summed E-state index contributed by atoms with van der Waals surface area (Å²) in [4.78, 5) is 21.3. The number of aromatic amines is 1. The number of rotatable bonds is 3. The van der Waals surface area contributed by atoms with Crippen molar-refractivity contribution in [3.63, 3.8) is 0 Å². The number of nitrogens with zero attached hydrogens (tertiary/aromatic N) is 4. The van der Waals surface area contributed by atoms with Crippen molar-refractivity contribution in [3.05, 3.63) is 53.1 Å². The molecule has 4 aromatic heterocycles. The van der Waals surface area contributed by atoms with Crippen LogP contribution in [0.5, 0.6) is 0 Å². The van der Waals surface area contributed by atoms with E-state index in [1.807, 2.05) is 48.2 Å². The van der Waals surface area contributed by atoms with Gasteiger partial charge < -0.3 is 4.40 Å². The van der Waals surface area contributed by atoms with Gasteiger partial charge in [-0.25, -0.2) is 9.97 Å². The van der Waals surface area contributed by atoms with Crippen LogP contribution >= 0.6 is 11.3 Å². The fourth-order valence-electron chi connectivity index (χ4n) is 2.49. The minimum Gasteiger partial charge on any atom is -0.306 e. The molecule has 0 saturated carbocycles. The van der Waals surface area contributed by atoms with Crippen LogP contribution in [0, 0.1) is 13.8 Å². The SMILES string of the molecule is Cc1cc(-c2cc(C(=O)Nc3nc(C)cs3)c3nccn3c2)[nH]n1. The van der Waals surface area contributed by atoms with Gasteiger partial charge in [-0.05, 0) is 26.0 Å². The molecule has 0 aliphatic carbocycles. The Labute approximate surface area is 141 Å². The van der Waals surface area contributed by atoms with Gasteiger partial charge in [0.05, 0.1) is 22.6 Å². The number of carbonyl (C=O) groups is 1. The van der Waals surface area contributed by atoms with Crippen LogP contribution in [0.25, 0.3) is 16.9 Å². The first-order valence-corrected chi connectivity index (χ1v) is 8.21. The molecule has 7 nitrogen and oxygen atoms in total. The van der Waals surface area contributed by atoms with E-state index < -0.39 is 0 Å². The molecular weight excluding hydrogens is 324 g/mol. The van der Waals surface area contributed by atoms with Gasteiger partial charge >= 0.3 is 0 Å². The van der Waals surface area contributed by atoms with E-state index in [1.165, 1.54) is 11.3 Å². The minimum absolute atomic E-state index is 0.237. The molecular formula is C16H14N6OS. The highest BCUT2D eigenvalue weighted by molar-refractivity contribution is 7.13. The number of H-pyrrole nitrogens is 1. The van der Waals surface area contributed by atoms with Gasteiger partial charge in [0.1, 0.15) is 5.65 Å². The fourth-order valence-corrected chi connectivity index (χ4v) is 3.18. The number of hydrogen-bond acceptors (Lipinski definition) is 5. The van der Waals surface area contributed by atoms with Crippen molar-refractivity contribution in [2.45, 2.75) is 13.8 Å². The Morgan fingerprint density at radius 3 is 2.88 bits per heavy atom. The molecule has 0 radical (unpaired) electrons. The maximum Gasteiger partial charge on any atom is 0.261 e. The fraction of sp³-hybridized carbons (Fsp3) is 0.125. The lowest BCUT2D eigenvalue weighted by atomic mass is 10.1. The Balaban J connectivity index is 1.78. The lowest BCUT2D eigenvalue weighted by Crippen LogP contribution is -2.13. The molecule has 0 atom stereocenters. The number of hydrogen-bond donors (Lipinski definition) is 2. The Morgan fingerprint density at radius 2 is 2.17 bits per heavy atom. The Bertz CT molecular complexity index is 1040. The molecule has 2 N–H and O–H groups in total. The van der Waals surface area contributed by atoms with Gasteiger partial charge in [0.15, 0.2) is 5.13 Å². The molecule has 0 bridgehead atoms. The first-order chi connectivity index (χ1) is 11.6. The van der Waals surface area contributed by atoms with Gasteiger partial charge in [0.2, 0.25) is 0 Å². The standard InChI is InChI=1S/C16H14N6OS/c1-9-5-13(21-20-9)11-6-12(14-17-3-4-22(14)7-11)15(23)19-16-18-10(2)8-24-16/h3-8H,1-2H3,(H,20,21)(H,18,19,23). The van der Waals surface area contributed by atoms with Crippen LogP contribution in [0.2, 0.25) is 0 Å². The van der Waals surface area contributed by atoms with Crippen LogP contribution in [0.1, 0.15) is 21.7 Å². The van der Waals surface area contributed by atoms with Gasteiger partial charge in [-0.3, -0.25) is 15.2 Å². The second kappa shape index (κ2) is 5.57. The zero-order valence-electron chi connectivity index (χ0n) is 13.1. The predicted octanol–water partition coefficient (Wildman–Crippen LogP) is 3.05. The highest BCUT2D eigenvalue weighted by Crippen LogP contribution is 2.23. The third-order valence-corrected chi connectivity index (χ3v) is 4.46. The van der Waals surface area contributed by atoms with Crippen molar-refractivity contribution in [3.8, 4) is 11.3 Å². The van der Waals surface area contributed by atoms with Gasteiger partial charge in [-0.15, -0.1) is 11.3 Å².